The highest BCUT2D eigenvalue weighted by molar-refractivity contribution is 6.32. The number of carboxylic acid groups (broad SMARTS) is 1. The number of pyridine rings is 1. The summed E-state index contributed by atoms with van der Waals surface area (Å²) in [5, 5.41) is 45.3. The molecular weight excluding hydrogens is 1040 g/mol. The van der Waals surface area contributed by atoms with Crippen molar-refractivity contribution in [1.29, 1.82) is 0 Å². The van der Waals surface area contributed by atoms with Crippen LogP contribution in [0.25, 0.3) is 10.9 Å². The first-order valence-corrected chi connectivity index (χ1v) is 27.6. The van der Waals surface area contributed by atoms with Crippen LogP contribution < -0.4 is 10.2 Å². The zero-order valence-electron chi connectivity index (χ0n) is 47.7. The first-order chi connectivity index (χ1) is 36.5. The number of nitrogens with zero attached hydrogens (tertiary/aromatic N) is 2. The molecule has 3 saturated heterocycles. The topological polar surface area (TPSA) is 267 Å². The molecule has 21 nitrogen and oxygen atoms in total. The van der Waals surface area contributed by atoms with Crippen LogP contribution in [0.15, 0.2) is 23.1 Å². The quantitative estimate of drug-likeness (QED) is 0.106. The Bertz CT molecular complexity index is 2490. The molecule has 1 aromatic heterocycles. The number of aromatic nitrogens is 1. The minimum atomic E-state index is -2.04. The SMILES string of the molecule is CC[C@@H]1OC(=O)[C@H](C)[C@H](O[C@@H]2C[C@@](C)(OC)[C@H](OC(=O)CCOCCOc3cc4c(=O)c(C(=O)O)cn(C5CC5)c4cc3Cl)[C@H](C)O2)[C@@H](C)[C@H](O[C@@H]2O[C@H](C)C[C@H](N(C)C)[C@@H]2O)C(C)(OC)C[C@H](C)C(=O)[C@H](C)[C@@H](O)C1(C)O. The minimum absolute atomic E-state index is 0.00452. The average Bonchev–Trinajstić information content (AvgIpc) is 4.29. The standard InChI is InChI=1S/C56H85ClN2O19/c1-15-41-56(10,68)48(64)30(4)44(61)28(2)25-54(8,69-13)49(78-53-46(63)39(58(11)12)22-29(3)73-53)31(5)47(32(6)52(67)75-41)77-43-26-55(9,70-14)50(33(7)74-43)76-42(60)18-19-71-20-21-72-40-23-35-38(24-37(40)57)59(34-16-17-34)27-36(45(35)62)51(65)66/h23-24,27-34,39,41,43,46-50,53,63-64,68H,15-22,25-26H2,1-14H3,(H,65,66)/t28-,29+,30-,31+,32+,33-,39-,41-,43+,46-,47+,48+,49-,50+,53-,54?,55+,56?/m0/s1. The van der Waals surface area contributed by atoms with E-state index in [0.717, 1.165) is 12.8 Å². The number of fused-ring (bicyclic) bond motifs is 1. The van der Waals surface area contributed by atoms with E-state index < -0.39 is 119 Å². The molecule has 1 saturated carbocycles. The Hall–Kier alpha value is -3.84. The van der Waals surface area contributed by atoms with Crippen molar-refractivity contribution in [3.05, 3.63) is 39.1 Å². The van der Waals surface area contributed by atoms with E-state index in [9.17, 15) is 44.4 Å². The summed E-state index contributed by atoms with van der Waals surface area (Å²) in [5.74, 6) is -6.70. The Morgan fingerprint density at radius 3 is 2.14 bits per heavy atom. The fourth-order valence-electron chi connectivity index (χ4n) is 11.7. The smallest absolute Gasteiger partial charge is 0.341 e. The molecule has 4 heterocycles. The lowest BCUT2D eigenvalue weighted by Crippen LogP contribution is -2.61. The number of hydrogen-bond donors (Lipinski definition) is 4. The average molecular weight is 1130 g/mol. The summed E-state index contributed by atoms with van der Waals surface area (Å²) in [6.07, 6.45) is -7.02. The second-order valence-electron chi connectivity index (χ2n) is 22.9. The van der Waals surface area contributed by atoms with Gasteiger partial charge in [0, 0.05) is 56.7 Å². The van der Waals surface area contributed by atoms with Crippen LogP contribution >= 0.6 is 11.6 Å². The van der Waals surface area contributed by atoms with E-state index in [1.54, 1.807) is 59.1 Å². The lowest BCUT2D eigenvalue weighted by atomic mass is 9.74. The number of hydrogen-bond acceptors (Lipinski definition) is 19. The first-order valence-electron chi connectivity index (χ1n) is 27.3. The Morgan fingerprint density at radius 2 is 1.54 bits per heavy atom. The lowest BCUT2D eigenvalue weighted by Gasteiger charge is -2.50. The predicted octanol–water partition coefficient (Wildman–Crippen LogP) is 5.48. The van der Waals surface area contributed by atoms with Gasteiger partial charge in [0.05, 0.1) is 77.6 Å². The highest BCUT2D eigenvalue weighted by Gasteiger charge is 2.55. The molecule has 0 amide bonds. The molecule has 4 N–H and O–H groups in total. The van der Waals surface area contributed by atoms with Crippen LogP contribution in [0.2, 0.25) is 5.02 Å². The summed E-state index contributed by atoms with van der Waals surface area (Å²) in [6, 6.07) is 2.76. The van der Waals surface area contributed by atoms with E-state index in [1.807, 2.05) is 25.9 Å². The van der Waals surface area contributed by atoms with Crippen molar-refractivity contribution in [3.63, 3.8) is 0 Å². The molecule has 0 radical (unpaired) electrons. The summed E-state index contributed by atoms with van der Waals surface area (Å²) in [4.78, 5) is 69.1. The van der Waals surface area contributed by atoms with E-state index in [2.05, 4.69) is 0 Å². The second-order valence-corrected chi connectivity index (χ2v) is 23.3. The Morgan fingerprint density at radius 1 is 0.885 bits per heavy atom. The Kier molecular flexibility index (Phi) is 21.1. The van der Waals surface area contributed by atoms with Crippen LogP contribution in [-0.2, 0) is 57.0 Å². The van der Waals surface area contributed by atoms with Crippen molar-refractivity contribution in [2.45, 2.75) is 204 Å². The number of aliphatic hydroxyl groups excluding tert-OH is 2. The molecule has 78 heavy (non-hydrogen) atoms. The normalized spacial score (nSPS) is 37.4. The zero-order chi connectivity index (χ0) is 57.9. The number of esters is 2. The van der Waals surface area contributed by atoms with Crippen molar-refractivity contribution in [2.75, 3.05) is 48.1 Å². The van der Waals surface area contributed by atoms with E-state index in [1.165, 1.54) is 40.3 Å². The van der Waals surface area contributed by atoms with Crippen LogP contribution in [0, 0.1) is 23.7 Å². The van der Waals surface area contributed by atoms with Gasteiger partial charge in [-0.2, -0.15) is 0 Å². The van der Waals surface area contributed by atoms with Gasteiger partial charge in [0.25, 0.3) is 0 Å². The number of carbonyl (C=O) groups is 4. The number of cyclic esters (lactones) is 1. The number of carboxylic acids is 1. The van der Waals surface area contributed by atoms with Gasteiger partial charge < -0.3 is 77.3 Å². The molecule has 2 unspecified atom stereocenters. The zero-order valence-corrected chi connectivity index (χ0v) is 48.5. The summed E-state index contributed by atoms with van der Waals surface area (Å²) in [6.45, 7) is 16.8. The number of benzene rings is 1. The molecule has 3 aliphatic heterocycles. The van der Waals surface area contributed by atoms with Crippen LogP contribution in [0.4, 0.5) is 0 Å². The highest BCUT2D eigenvalue weighted by Crippen LogP contribution is 2.43. The molecule has 1 aromatic carbocycles. The molecular formula is C56H85ClN2O19. The molecule has 6 rings (SSSR count). The van der Waals surface area contributed by atoms with E-state index in [-0.39, 0.29) is 91.2 Å². The monoisotopic (exact) mass is 1120 g/mol. The van der Waals surface area contributed by atoms with Crippen LogP contribution in [0.5, 0.6) is 5.75 Å². The number of aromatic carboxylic acids is 1. The van der Waals surface area contributed by atoms with Gasteiger partial charge in [-0.1, -0.05) is 39.3 Å². The fraction of sp³-hybridized carbons (Fsp3) is 0.768. The molecule has 4 aliphatic rings. The highest BCUT2D eigenvalue weighted by atomic mass is 35.5. The lowest BCUT2D eigenvalue weighted by molar-refractivity contribution is -0.320. The molecule has 4 fully saturated rings. The summed E-state index contributed by atoms with van der Waals surface area (Å²) < 4.78 is 64.4. The number of ketones is 1. The molecule has 0 spiro atoms. The third kappa shape index (κ3) is 13.9. The summed E-state index contributed by atoms with van der Waals surface area (Å²) in [5.41, 5.74) is -5.07. The van der Waals surface area contributed by atoms with Gasteiger partial charge in [-0.15, -0.1) is 0 Å². The summed E-state index contributed by atoms with van der Waals surface area (Å²) >= 11 is 6.55. The number of methoxy groups -OCH3 is 2. The maximum atomic E-state index is 14.6. The van der Waals surface area contributed by atoms with Gasteiger partial charge in [-0.25, -0.2) is 4.79 Å². The molecule has 1 aliphatic carbocycles. The van der Waals surface area contributed by atoms with Crippen molar-refractivity contribution >= 4 is 46.2 Å². The van der Waals surface area contributed by atoms with Crippen LogP contribution in [0.1, 0.15) is 131 Å². The maximum Gasteiger partial charge on any atom is 0.341 e. The third-order valence-corrected chi connectivity index (χ3v) is 17.0. The Balaban J connectivity index is 1.19. The number of carbonyl (C=O) groups excluding carboxylic acids is 3. The van der Waals surface area contributed by atoms with Crippen LogP contribution in [-0.4, -0.2) is 186 Å². The van der Waals surface area contributed by atoms with Gasteiger partial charge >= 0.3 is 17.9 Å². The molecule has 18 atom stereocenters. The van der Waals surface area contributed by atoms with Crippen molar-refractivity contribution in [3.8, 4) is 5.75 Å². The first kappa shape index (κ1) is 63.3. The number of aliphatic hydroxyl groups is 3. The number of ether oxygens (including phenoxy) is 10. The largest absolute Gasteiger partial charge is 0.490 e. The predicted molar refractivity (Wildman–Crippen MR) is 284 cm³/mol. The van der Waals surface area contributed by atoms with E-state index in [0.29, 0.717) is 11.9 Å². The van der Waals surface area contributed by atoms with Crippen molar-refractivity contribution in [2.24, 2.45) is 23.7 Å². The van der Waals surface area contributed by atoms with Crippen molar-refractivity contribution < 1.29 is 87.0 Å². The number of likely N-dealkylation sites (N-methyl/N-ethyl adjacent to an activating group) is 1. The van der Waals surface area contributed by atoms with Crippen LogP contribution in [0.3, 0.4) is 0 Å². The van der Waals surface area contributed by atoms with Gasteiger partial charge in [-0.3, -0.25) is 19.2 Å². The minimum Gasteiger partial charge on any atom is -0.490 e. The number of halogens is 1. The number of Topliss-reactive ketones (excluding diaryl/α,β-unsaturated/α-hetero) is 1. The van der Waals surface area contributed by atoms with Gasteiger partial charge in [0.1, 0.15) is 47.1 Å². The van der Waals surface area contributed by atoms with Gasteiger partial charge in [-0.05, 0) is 99.9 Å². The molecule has 22 heteroatoms. The van der Waals surface area contributed by atoms with Gasteiger partial charge in [0.15, 0.2) is 18.7 Å². The molecule has 0 bridgehead atoms. The maximum absolute atomic E-state index is 14.6. The fourth-order valence-corrected chi connectivity index (χ4v) is 11.9. The Labute approximate surface area is 462 Å². The molecule has 440 valence electrons. The molecule has 2 aromatic rings. The van der Waals surface area contributed by atoms with Gasteiger partial charge in [0.2, 0.25) is 5.43 Å². The second kappa shape index (κ2) is 26.0. The van der Waals surface area contributed by atoms with E-state index in [4.69, 9.17) is 59.0 Å². The third-order valence-electron chi connectivity index (χ3n) is 16.7. The van der Waals surface area contributed by atoms with E-state index >= 15 is 0 Å². The summed E-state index contributed by atoms with van der Waals surface area (Å²) in [7, 11) is 6.66. The van der Waals surface area contributed by atoms with Crippen molar-refractivity contribution in [1.82, 2.24) is 9.47 Å². The number of rotatable bonds is 18.